The summed E-state index contributed by atoms with van der Waals surface area (Å²) in [5.74, 6) is 0.907. The molecule has 1 aliphatic heterocycles. The van der Waals surface area contributed by atoms with Gasteiger partial charge in [-0.3, -0.25) is 9.78 Å². The predicted octanol–water partition coefficient (Wildman–Crippen LogP) is 4.32. The molecule has 0 bridgehead atoms. The summed E-state index contributed by atoms with van der Waals surface area (Å²) in [4.78, 5) is 28.3. The fourth-order valence-electron chi connectivity index (χ4n) is 4.28. The van der Waals surface area contributed by atoms with Crippen molar-refractivity contribution < 1.29 is 9.32 Å². The Bertz CT molecular complexity index is 1220. The first kappa shape index (κ1) is 19.4. The maximum atomic E-state index is 12.9. The number of rotatable bonds is 3. The van der Waals surface area contributed by atoms with Gasteiger partial charge in [-0.1, -0.05) is 5.16 Å². The first-order chi connectivity index (χ1) is 15.1. The highest BCUT2D eigenvalue weighted by Crippen LogP contribution is 2.30. The molecule has 4 aromatic rings. The molecule has 1 fully saturated rings. The molecule has 0 aliphatic carbocycles. The van der Waals surface area contributed by atoms with Crippen LogP contribution >= 0.6 is 0 Å². The monoisotopic (exact) mass is 413 g/mol. The van der Waals surface area contributed by atoms with Crippen LogP contribution in [0, 0.1) is 13.8 Å². The third-order valence-corrected chi connectivity index (χ3v) is 6.03. The normalized spacial score (nSPS) is 14.8. The smallest absolute Gasteiger partial charge is 0.259 e. The van der Waals surface area contributed by atoms with Gasteiger partial charge in [0, 0.05) is 54.2 Å². The number of likely N-dealkylation sites (tertiary alicyclic amines) is 1. The van der Waals surface area contributed by atoms with E-state index in [1.807, 2.05) is 30.2 Å². The van der Waals surface area contributed by atoms with Gasteiger partial charge in [-0.2, -0.15) is 0 Å². The Kier molecular flexibility index (Phi) is 4.94. The molecular formula is C24H23N5O2. The zero-order chi connectivity index (χ0) is 21.4. The molecular weight excluding hydrogens is 390 g/mol. The number of aryl methyl sites for hydroxylation is 2. The average molecular weight is 413 g/mol. The highest BCUT2D eigenvalue weighted by Gasteiger charge is 2.28. The molecule has 7 heteroatoms. The summed E-state index contributed by atoms with van der Waals surface area (Å²) < 4.78 is 5.16. The third-order valence-electron chi connectivity index (χ3n) is 6.03. The van der Waals surface area contributed by atoms with Crippen LogP contribution in [0.3, 0.4) is 0 Å². The number of carbonyl (C=O) groups is 1. The molecule has 0 aromatic carbocycles. The van der Waals surface area contributed by atoms with Gasteiger partial charge in [0.15, 0.2) is 5.65 Å². The minimum atomic E-state index is 0.00600. The van der Waals surface area contributed by atoms with E-state index in [0.717, 1.165) is 40.7 Å². The number of amides is 1. The van der Waals surface area contributed by atoms with Gasteiger partial charge >= 0.3 is 0 Å². The van der Waals surface area contributed by atoms with E-state index in [1.54, 1.807) is 19.3 Å². The Labute approximate surface area is 180 Å². The maximum Gasteiger partial charge on any atom is 0.259 e. The topological polar surface area (TPSA) is 85.0 Å². The lowest BCUT2D eigenvalue weighted by molar-refractivity contribution is 0.0709. The molecule has 1 amide bonds. The largest absolute Gasteiger partial charge is 0.361 e. The van der Waals surface area contributed by atoms with Crippen molar-refractivity contribution in [2.45, 2.75) is 32.6 Å². The number of piperidine rings is 1. The summed E-state index contributed by atoms with van der Waals surface area (Å²) >= 11 is 0. The first-order valence-electron chi connectivity index (χ1n) is 10.5. The Morgan fingerprint density at radius 3 is 2.55 bits per heavy atom. The van der Waals surface area contributed by atoms with Gasteiger partial charge in [0.05, 0.1) is 5.69 Å². The lowest BCUT2D eigenvalue weighted by Gasteiger charge is -2.31. The van der Waals surface area contributed by atoms with Crippen LogP contribution in [0.1, 0.15) is 46.3 Å². The van der Waals surface area contributed by atoms with Crippen molar-refractivity contribution >= 4 is 16.9 Å². The summed E-state index contributed by atoms with van der Waals surface area (Å²) in [6.07, 6.45) is 7.18. The number of pyridine rings is 3. The highest BCUT2D eigenvalue weighted by molar-refractivity contribution is 5.96. The average Bonchev–Trinajstić information content (AvgIpc) is 3.16. The van der Waals surface area contributed by atoms with Gasteiger partial charge in [0.2, 0.25) is 0 Å². The van der Waals surface area contributed by atoms with Crippen molar-refractivity contribution in [3.05, 3.63) is 71.6 Å². The number of hydrogen-bond acceptors (Lipinski definition) is 6. The molecule has 0 unspecified atom stereocenters. The van der Waals surface area contributed by atoms with Crippen LogP contribution in [0.5, 0.6) is 0 Å². The lowest BCUT2D eigenvalue weighted by Crippen LogP contribution is -2.38. The number of carbonyl (C=O) groups excluding carboxylic acids is 1. The molecule has 0 saturated carbocycles. The van der Waals surface area contributed by atoms with Crippen molar-refractivity contribution in [3.8, 4) is 11.1 Å². The van der Waals surface area contributed by atoms with Crippen LogP contribution < -0.4 is 0 Å². The van der Waals surface area contributed by atoms with Crippen molar-refractivity contribution in [1.82, 2.24) is 25.0 Å². The number of fused-ring (bicyclic) bond motifs is 1. The number of nitrogens with zero attached hydrogens (tertiary/aromatic N) is 5. The van der Waals surface area contributed by atoms with Gasteiger partial charge < -0.3 is 9.42 Å². The van der Waals surface area contributed by atoms with Gasteiger partial charge in [0.25, 0.3) is 5.91 Å². The van der Waals surface area contributed by atoms with E-state index in [4.69, 9.17) is 9.51 Å². The van der Waals surface area contributed by atoms with Crippen molar-refractivity contribution in [2.75, 3.05) is 13.1 Å². The molecule has 5 rings (SSSR count). The summed E-state index contributed by atoms with van der Waals surface area (Å²) in [6, 6.07) is 10.2. The van der Waals surface area contributed by atoms with Crippen LogP contribution in [0.15, 0.2) is 53.4 Å². The van der Waals surface area contributed by atoms with E-state index in [2.05, 4.69) is 33.3 Å². The molecule has 5 heterocycles. The van der Waals surface area contributed by atoms with Crippen LogP contribution in [0.2, 0.25) is 0 Å². The molecule has 4 aromatic heterocycles. The Balaban J connectivity index is 1.31. The molecule has 1 aliphatic rings. The second kappa shape index (κ2) is 7.91. The van der Waals surface area contributed by atoms with E-state index in [-0.39, 0.29) is 5.91 Å². The minimum Gasteiger partial charge on any atom is -0.361 e. The Morgan fingerprint density at radius 2 is 1.84 bits per heavy atom. The highest BCUT2D eigenvalue weighted by atomic mass is 16.5. The van der Waals surface area contributed by atoms with E-state index >= 15 is 0 Å². The van der Waals surface area contributed by atoms with Crippen molar-refractivity contribution in [1.29, 1.82) is 0 Å². The molecule has 0 spiro atoms. The Morgan fingerprint density at radius 1 is 1.06 bits per heavy atom. The van der Waals surface area contributed by atoms with E-state index < -0.39 is 0 Å². The summed E-state index contributed by atoms with van der Waals surface area (Å²) in [5, 5.41) is 4.92. The molecule has 0 radical (unpaired) electrons. The standard InChI is InChI=1S/C24H23N5O2/c1-15-22(16(2)31-28-15)24(30)29-11-7-18(8-12-29)21-4-3-19-13-20(14-26-23(19)27-21)17-5-9-25-10-6-17/h3-6,9-10,13-14,18H,7-8,11-12H2,1-2H3. The molecule has 0 atom stereocenters. The molecule has 7 nitrogen and oxygen atoms in total. The summed E-state index contributed by atoms with van der Waals surface area (Å²) in [5.41, 5.74) is 5.18. The fraction of sp³-hybridized carbons (Fsp3) is 0.292. The van der Waals surface area contributed by atoms with Gasteiger partial charge in [-0.05, 0) is 62.6 Å². The molecule has 156 valence electrons. The second-order valence-electron chi connectivity index (χ2n) is 8.01. The SMILES string of the molecule is Cc1noc(C)c1C(=O)N1CCC(c2ccc3cc(-c4ccncc4)cnc3n2)CC1. The fourth-order valence-corrected chi connectivity index (χ4v) is 4.28. The van der Waals surface area contributed by atoms with Gasteiger partial charge in [-0.25, -0.2) is 9.97 Å². The maximum absolute atomic E-state index is 12.9. The van der Waals surface area contributed by atoms with Crippen LogP contribution in [0.4, 0.5) is 0 Å². The molecule has 0 N–H and O–H groups in total. The van der Waals surface area contributed by atoms with Crippen LogP contribution in [-0.4, -0.2) is 44.0 Å². The summed E-state index contributed by atoms with van der Waals surface area (Å²) in [6.45, 7) is 4.98. The minimum absolute atomic E-state index is 0.00600. The zero-order valence-corrected chi connectivity index (χ0v) is 17.6. The van der Waals surface area contributed by atoms with Crippen molar-refractivity contribution in [3.63, 3.8) is 0 Å². The Hall–Kier alpha value is -3.61. The van der Waals surface area contributed by atoms with Gasteiger partial charge in [0.1, 0.15) is 11.3 Å². The van der Waals surface area contributed by atoms with Crippen LogP contribution in [0.25, 0.3) is 22.2 Å². The predicted molar refractivity (Wildman–Crippen MR) is 117 cm³/mol. The van der Waals surface area contributed by atoms with Gasteiger partial charge in [-0.15, -0.1) is 0 Å². The van der Waals surface area contributed by atoms with Crippen LogP contribution in [-0.2, 0) is 0 Å². The summed E-state index contributed by atoms with van der Waals surface area (Å²) in [7, 11) is 0. The van der Waals surface area contributed by atoms with Crippen molar-refractivity contribution in [2.24, 2.45) is 0 Å². The number of aromatic nitrogens is 4. The number of hydrogen-bond donors (Lipinski definition) is 0. The third kappa shape index (κ3) is 3.67. The quantitative estimate of drug-likeness (QED) is 0.497. The zero-order valence-electron chi connectivity index (χ0n) is 17.6. The second-order valence-corrected chi connectivity index (χ2v) is 8.01. The van der Waals surface area contributed by atoms with E-state index in [9.17, 15) is 4.79 Å². The lowest BCUT2D eigenvalue weighted by atomic mass is 9.92. The van der Waals surface area contributed by atoms with E-state index in [1.165, 1.54) is 0 Å². The van der Waals surface area contributed by atoms with E-state index in [0.29, 0.717) is 36.0 Å². The molecule has 31 heavy (non-hydrogen) atoms. The molecule has 1 saturated heterocycles. The first-order valence-corrected chi connectivity index (χ1v) is 10.5.